The number of hydrogen-bond acceptors (Lipinski definition) is 6. The van der Waals surface area contributed by atoms with Gasteiger partial charge in [-0.05, 0) is 66.7 Å². The number of aliphatic carboxylic acids is 1. The van der Waals surface area contributed by atoms with Gasteiger partial charge < -0.3 is 19.9 Å². The number of benzene rings is 3. The van der Waals surface area contributed by atoms with E-state index in [1.807, 2.05) is 0 Å². The molecule has 3 aromatic carbocycles. The molecule has 3 aromatic rings. The molecule has 0 saturated carbocycles. The van der Waals surface area contributed by atoms with Crippen LogP contribution < -0.4 is 5.32 Å². The van der Waals surface area contributed by atoms with E-state index in [9.17, 15) is 37.5 Å². The molecule has 38 heavy (non-hydrogen) atoms. The zero-order valence-electron chi connectivity index (χ0n) is 18.9. The summed E-state index contributed by atoms with van der Waals surface area (Å²) >= 11 is 11.6. The fraction of sp³-hybridized carbons (Fsp3) is 0.120. The predicted molar refractivity (Wildman–Crippen MR) is 129 cm³/mol. The Morgan fingerprint density at radius 2 is 1.24 bits per heavy atom. The molecule has 8 nitrogen and oxygen atoms in total. The van der Waals surface area contributed by atoms with E-state index in [2.05, 4.69) is 5.32 Å². The molecule has 0 unspecified atom stereocenters. The van der Waals surface area contributed by atoms with E-state index in [0.717, 1.165) is 18.2 Å². The van der Waals surface area contributed by atoms with Crippen LogP contribution in [0.3, 0.4) is 0 Å². The maximum atomic E-state index is 13.1. The van der Waals surface area contributed by atoms with Crippen LogP contribution >= 0.6 is 23.2 Å². The van der Waals surface area contributed by atoms with E-state index >= 15 is 0 Å². The van der Waals surface area contributed by atoms with Crippen molar-refractivity contribution in [3.63, 3.8) is 0 Å². The number of carboxylic acids is 1. The number of nitrogens with one attached hydrogen (secondary N) is 1. The Kier molecular flexibility index (Phi) is 8.97. The number of carbonyl (C=O) groups is 4. The van der Waals surface area contributed by atoms with E-state index in [-0.39, 0.29) is 26.9 Å². The van der Waals surface area contributed by atoms with Crippen molar-refractivity contribution in [2.24, 2.45) is 0 Å². The highest BCUT2D eigenvalue weighted by Crippen LogP contribution is 2.31. The van der Waals surface area contributed by atoms with Crippen molar-refractivity contribution < 1.29 is 46.9 Å². The molecule has 198 valence electrons. The second-order valence-electron chi connectivity index (χ2n) is 7.57. The first-order chi connectivity index (χ1) is 17.8. The zero-order chi connectivity index (χ0) is 28.0. The minimum absolute atomic E-state index is 0.137. The quantitative estimate of drug-likeness (QED) is 0.344. The third kappa shape index (κ3) is 7.46. The first-order valence-corrected chi connectivity index (χ1v) is 11.2. The number of esters is 2. The van der Waals surface area contributed by atoms with Crippen LogP contribution in [0.1, 0.15) is 26.3 Å². The summed E-state index contributed by atoms with van der Waals surface area (Å²) in [6.07, 6.45) is -9.44. The Morgan fingerprint density at radius 1 is 0.763 bits per heavy atom. The fourth-order valence-electron chi connectivity index (χ4n) is 3.02. The number of anilines is 1. The molecule has 0 aromatic heterocycles. The predicted octanol–water partition coefficient (Wildman–Crippen LogP) is 5.49. The number of carboxylic acid groups (broad SMARTS) is 1. The number of ether oxygens (including phenoxy) is 2. The third-order valence-corrected chi connectivity index (χ3v) is 5.37. The topological polar surface area (TPSA) is 119 Å². The molecule has 0 aliphatic rings. The Morgan fingerprint density at radius 3 is 1.68 bits per heavy atom. The SMILES string of the molecule is O=C(O[C@@H](C(=O)O)[C@@H](OC(=O)c1ccc(Cl)cc1)C(=O)Nc1cccc(C(F)(F)F)c1)c1ccc(Cl)cc1. The molecule has 13 heteroatoms. The van der Waals surface area contributed by atoms with E-state index < -0.39 is 47.8 Å². The van der Waals surface area contributed by atoms with E-state index in [1.54, 1.807) is 0 Å². The Balaban J connectivity index is 1.93. The minimum Gasteiger partial charge on any atom is -0.478 e. The van der Waals surface area contributed by atoms with Crippen molar-refractivity contribution >= 4 is 52.7 Å². The van der Waals surface area contributed by atoms with E-state index in [4.69, 9.17) is 32.7 Å². The third-order valence-electron chi connectivity index (χ3n) is 4.86. The smallest absolute Gasteiger partial charge is 0.416 e. The van der Waals surface area contributed by atoms with Crippen molar-refractivity contribution in [1.82, 2.24) is 0 Å². The molecular weight excluding hydrogens is 554 g/mol. The minimum atomic E-state index is -4.74. The van der Waals surface area contributed by atoms with Crippen LogP contribution in [-0.4, -0.2) is 41.1 Å². The first kappa shape index (κ1) is 28.5. The lowest BCUT2D eigenvalue weighted by atomic mass is 10.1. The molecule has 0 spiro atoms. The largest absolute Gasteiger partial charge is 0.478 e. The molecule has 0 aliphatic carbocycles. The maximum Gasteiger partial charge on any atom is 0.416 e. The van der Waals surface area contributed by atoms with Gasteiger partial charge in [0.05, 0.1) is 16.7 Å². The van der Waals surface area contributed by atoms with Crippen molar-refractivity contribution in [1.29, 1.82) is 0 Å². The Hall–Kier alpha value is -4.09. The average Bonchev–Trinajstić information content (AvgIpc) is 2.86. The molecule has 0 saturated heterocycles. The van der Waals surface area contributed by atoms with Gasteiger partial charge in [0, 0.05) is 15.7 Å². The molecule has 2 atom stereocenters. The van der Waals surface area contributed by atoms with Crippen LogP contribution in [0.25, 0.3) is 0 Å². The van der Waals surface area contributed by atoms with Crippen molar-refractivity contribution in [3.05, 3.63) is 99.5 Å². The van der Waals surface area contributed by atoms with Gasteiger partial charge in [-0.3, -0.25) is 4.79 Å². The van der Waals surface area contributed by atoms with Gasteiger partial charge in [-0.2, -0.15) is 13.2 Å². The molecular formula is C25H16Cl2F3NO7. The molecule has 0 heterocycles. The summed E-state index contributed by atoms with van der Waals surface area (Å²) in [4.78, 5) is 50.3. The summed E-state index contributed by atoms with van der Waals surface area (Å²) in [6, 6.07) is 13.6. The number of rotatable bonds is 8. The van der Waals surface area contributed by atoms with Gasteiger partial charge in [-0.15, -0.1) is 0 Å². The van der Waals surface area contributed by atoms with Crippen LogP contribution in [0.15, 0.2) is 72.8 Å². The second-order valence-corrected chi connectivity index (χ2v) is 8.44. The fourth-order valence-corrected chi connectivity index (χ4v) is 3.27. The molecule has 0 aliphatic heterocycles. The average molecular weight is 570 g/mol. The van der Waals surface area contributed by atoms with Crippen LogP contribution in [0.5, 0.6) is 0 Å². The lowest BCUT2D eigenvalue weighted by Gasteiger charge is -2.23. The lowest BCUT2D eigenvalue weighted by Crippen LogP contribution is -2.48. The summed E-state index contributed by atoms with van der Waals surface area (Å²) < 4.78 is 49.3. The molecule has 1 amide bonds. The molecule has 0 bridgehead atoms. The van der Waals surface area contributed by atoms with Crippen LogP contribution in [0, 0.1) is 0 Å². The number of hydrogen-bond donors (Lipinski definition) is 2. The first-order valence-electron chi connectivity index (χ1n) is 10.5. The van der Waals surface area contributed by atoms with Crippen molar-refractivity contribution in [2.45, 2.75) is 18.4 Å². The van der Waals surface area contributed by atoms with Gasteiger partial charge in [0.15, 0.2) is 0 Å². The highest BCUT2D eigenvalue weighted by Gasteiger charge is 2.41. The molecule has 0 fully saturated rings. The van der Waals surface area contributed by atoms with E-state index in [0.29, 0.717) is 6.07 Å². The highest BCUT2D eigenvalue weighted by molar-refractivity contribution is 6.31. The maximum absolute atomic E-state index is 13.1. The number of alkyl halides is 3. The molecule has 2 N–H and O–H groups in total. The monoisotopic (exact) mass is 569 g/mol. The van der Waals surface area contributed by atoms with Gasteiger partial charge >= 0.3 is 24.1 Å². The Labute approximate surface area is 222 Å². The highest BCUT2D eigenvalue weighted by atomic mass is 35.5. The van der Waals surface area contributed by atoms with Gasteiger partial charge in [0.25, 0.3) is 5.91 Å². The van der Waals surface area contributed by atoms with E-state index in [1.165, 1.54) is 48.5 Å². The summed E-state index contributed by atoms with van der Waals surface area (Å²) in [5.74, 6) is -5.64. The van der Waals surface area contributed by atoms with Gasteiger partial charge in [-0.25, -0.2) is 14.4 Å². The molecule has 0 radical (unpaired) electrons. The number of halogens is 5. The van der Waals surface area contributed by atoms with Crippen molar-refractivity contribution in [2.75, 3.05) is 5.32 Å². The normalized spacial score (nSPS) is 12.7. The van der Waals surface area contributed by atoms with Gasteiger partial charge in [-0.1, -0.05) is 29.3 Å². The second kappa shape index (κ2) is 12.0. The summed E-state index contributed by atoms with van der Waals surface area (Å²) in [5, 5.41) is 12.3. The zero-order valence-corrected chi connectivity index (χ0v) is 20.4. The van der Waals surface area contributed by atoms with Gasteiger partial charge in [0.2, 0.25) is 12.2 Å². The van der Waals surface area contributed by atoms with Gasteiger partial charge in [0.1, 0.15) is 0 Å². The number of carbonyl (C=O) groups excluding carboxylic acids is 3. The summed E-state index contributed by atoms with van der Waals surface area (Å²) in [7, 11) is 0. The van der Waals surface area contributed by atoms with Crippen LogP contribution in [0.4, 0.5) is 18.9 Å². The summed E-state index contributed by atoms with van der Waals surface area (Å²) in [6.45, 7) is 0. The standard InChI is InChI=1S/C25H16Cl2F3NO7/c26-16-8-4-13(5-9-16)23(35)37-19(21(32)31-18-3-1-2-15(12-18)25(28,29)30)20(22(33)34)38-24(36)14-6-10-17(27)11-7-14/h1-12,19-20H,(H,31,32)(H,33,34)/t19-,20-/m1/s1. The lowest BCUT2D eigenvalue weighted by molar-refractivity contribution is -0.157. The molecule has 3 rings (SSSR count). The number of amides is 1. The summed E-state index contributed by atoms with van der Waals surface area (Å²) in [5.41, 5.74) is -1.76. The van der Waals surface area contributed by atoms with Crippen LogP contribution in [0.2, 0.25) is 10.0 Å². The van der Waals surface area contributed by atoms with Crippen molar-refractivity contribution in [3.8, 4) is 0 Å². The Bertz CT molecular complexity index is 1350. The van der Waals surface area contributed by atoms with Crippen LogP contribution in [-0.2, 0) is 25.2 Å².